The maximum Gasteiger partial charge on any atom is 0.424 e. The van der Waals surface area contributed by atoms with E-state index in [9.17, 15) is 18.8 Å². The van der Waals surface area contributed by atoms with Gasteiger partial charge in [0.05, 0.1) is 5.56 Å². The molecule has 4 N–H and O–H groups in total. The highest BCUT2D eigenvalue weighted by molar-refractivity contribution is 6.18. The Morgan fingerprint density at radius 3 is 2.35 bits per heavy atom. The number of amides is 1. The first-order valence-electron chi connectivity index (χ1n) is 9.31. The van der Waals surface area contributed by atoms with Gasteiger partial charge in [0, 0.05) is 16.8 Å². The third-order valence-corrected chi connectivity index (χ3v) is 4.46. The lowest BCUT2D eigenvalue weighted by molar-refractivity contribution is 0.0802. The minimum absolute atomic E-state index is 0.0124. The van der Waals surface area contributed by atoms with Crippen molar-refractivity contribution in [1.29, 1.82) is 0 Å². The highest BCUT2D eigenvalue weighted by atomic mass is 19.1. The SMILES string of the molecule is Nc1cccc(C(=O)c2cccc(F)c2)c1C(=O)CN(N)C(=O)OCc1ccccc1. The van der Waals surface area contributed by atoms with Gasteiger partial charge >= 0.3 is 6.09 Å². The number of anilines is 1. The average Bonchev–Trinajstić information content (AvgIpc) is 2.77. The largest absolute Gasteiger partial charge is 0.444 e. The first-order valence-corrected chi connectivity index (χ1v) is 9.31. The monoisotopic (exact) mass is 421 g/mol. The summed E-state index contributed by atoms with van der Waals surface area (Å²) in [6.07, 6.45) is -0.912. The lowest BCUT2D eigenvalue weighted by Crippen LogP contribution is -2.42. The molecule has 0 unspecified atom stereocenters. The number of halogens is 1. The molecule has 0 heterocycles. The number of hydrazine groups is 1. The van der Waals surface area contributed by atoms with Crippen LogP contribution < -0.4 is 11.6 Å². The van der Waals surface area contributed by atoms with Crippen LogP contribution in [0, 0.1) is 5.82 Å². The molecule has 0 aliphatic heterocycles. The predicted octanol–water partition coefficient (Wildman–Crippen LogP) is 3.33. The number of hydrogen-bond acceptors (Lipinski definition) is 6. The highest BCUT2D eigenvalue weighted by Crippen LogP contribution is 2.22. The van der Waals surface area contributed by atoms with Crippen molar-refractivity contribution in [3.8, 4) is 0 Å². The summed E-state index contributed by atoms with van der Waals surface area (Å²) in [7, 11) is 0. The molecule has 0 aliphatic rings. The topological polar surface area (TPSA) is 116 Å². The van der Waals surface area contributed by atoms with Gasteiger partial charge in [-0.3, -0.25) is 9.59 Å². The standard InChI is InChI=1S/C23H20FN3O4/c24-17-9-4-8-16(12-17)22(29)18-10-5-11-19(25)21(18)20(28)13-27(26)23(30)31-14-15-6-2-1-3-7-15/h1-12H,13-14,25-26H2. The number of benzene rings is 3. The van der Waals surface area contributed by atoms with Gasteiger partial charge < -0.3 is 10.5 Å². The molecule has 0 saturated carbocycles. The number of ketones is 2. The Balaban J connectivity index is 1.75. The molecule has 0 aliphatic carbocycles. The number of carbonyl (C=O) groups excluding carboxylic acids is 3. The van der Waals surface area contributed by atoms with E-state index >= 15 is 0 Å². The normalized spacial score (nSPS) is 10.4. The molecule has 8 heteroatoms. The summed E-state index contributed by atoms with van der Waals surface area (Å²) in [6, 6.07) is 18.4. The van der Waals surface area contributed by atoms with Gasteiger partial charge in [0.2, 0.25) is 0 Å². The number of rotatable bonds is 7. The van der Waals surface area contributed by atoms with Gasteiger partial charge in [-0.25, -0.2) is 20.0 Å². The molecule has 31 heavy (non-hydrogen) atoms. The number of Topliss-reactive ketones (excluding diaryl/α,β-unsaturated/α-hetero) is 1. The lowest BCUT2D eigenvalue weighted by atomic mass is 9.94. The van der Waals surface area contributed by atoms with Crippen molar-refractivity contribution < 1.29 is 23.5 Å². The Morgan fingerprint density at radius 2 is 1.65 bits per heavy atom. The van der Waals surface area contributed by atoms with Gasteiger partial charge in [-0.05, 0) is 23.8 Å². The van der Waals surface area contributed by atoms with Crippen molar-refractivity contribution in [2.75, 3.05) is 12.3 Å². The minimum Gasteiger partial charge on any atom is -0.444 e. The molecule has 3 aromatic rings. The second-order valence-electron chi connectivity index (χ2n) is 6.70. The summed E-state index contributed by atoms with van der Waals surface area (Å²) < 4.78 is 18.6. The smallest absolute Gasteiger partial charge is 0.424 e. The van der Waals surface area contributed by atoms with E-state index in [1.807, 2.05) is 6.07 Å². The Bertz CT molecular complexity index is 1120. The molecule has 0 saturated heterocycles. The lowest BCUT2D eigenvalue weighted by Gasteiger charge is -2.17. The second kappa shape index (κ2) is 9.64. The third-order valence-electron chi connectivity index (χ3n) is 4.46. The number of nitrogens with two attached hydrogens (primary N) is 2. The highest BCUT2D eigenvalue weighted by Gasteiger charge is 2.24. The molecule has 1 amide bonds. The third kappa shape index (κ3) is 5.31. The van der Waals surface area contributed by atoms with Crippen molar-refractivity contribution in [2.45, 2.75) is 6.61 Å². The molecule has 0 spiro atoms. The fourth-order valence-corrected chi connectivity index (χ4v) is 2.96. The van der Waals surface area contributed by atoms with Crippen LogP contribution in [0.4, 0.5) is 14.9 Å². The molecule has 0 atom stereocenters. The summed E-state index contributed by atoms with van der Waals surface area (Å²) in [6.45, 7) is -0.580. The molecule has 7 nitrogen and oxygen atoms in total. The van der Waals surface area contributed by atoms with Gasteiger partial charge in [-0.15, -0.1) is 0 Å². The summed E-state index contributed by atoms with van der Waals surface area (Å²) in [4.78, 5) is 37.8. The quantitative estimate of drug-likeness (QED) is 0.199. The van der Waals surface area contributed by atoms with E-state index in [0.29, 0.717) is 5.01 Å². The van der Waals surface area contributed by atoms with Crippen LogP contribution in [0.5, 0.6) is 0 Å². The molecule has 0 bridgehead atoms. The Hall–Kier alpha value is -4.04. The van der Waals surface area contributed by atoms with E-state index in [-0.39, 0.29) is 29.0 Å². The van der Waals surface area contributed by atoms with E-state index in [4.69, 9.17) is 16.3 Å². The van der Waals surface area contributed by atoms with Crippen LogP contribution in [0.2, 0.25) is 0 Å². The Morgan fingerprint density at radius 1 is 0.935 bits per heavy atom. The number of hydrogen-bond donors (Lipinski definition) is 2. The Labute approximate surface area is 178 Å². The van der Waals surface area contributed by atoms with E-state index in [2.05, 4.69) is 0 Å². The van der Waals surface area contributed by atoms with Crippen LogP contribution in [0.1, 0.15) is 31.8 Å². The van der Waals surface area contributed by atoms with Crippen molar-refractivity contribution in [2.24, 2.45) is 5.84 Å². The maximum absolute atomic E-state index is 13.5. The summed E-state index contributed by atoms with van der Waals surface area (Å²) >= 11 is 0. The zero-order valence-electron chi connectivity index (χ0n) is 16.5. The molecule has 0 fully saturated rings. The van der Waals surface area contributed by atoms with Crippen molar-refractivity contribution in [3.63, 3.8) is 0 Å². The van der Waals surface area contributed by atoms with E-state index in [0.717, 1.165) is 11.6 Å². The van der Waals surface area contributed by atoms with Crippen LogP contribution in [0.15, 0.2) is 72.8 Å². The van der Waals surface area contributed by atoms with E-state index in [1.54, 1.807) is 24.3 Å². The van der Waals surface area contributed by atoms with Crippen molar-refractivity contribution >= 4 is 23.3 Å². The molecule has 3 aromatic carbocycles. The molecular formula is C23H20FN3O4. The van der Waals surface area contributed by atoms with Crippen LogP contribution in [0.25, 0.3) is 0 Å². The van der Waals surface area contributed by atoms with Crippen LogP contribution in [0.3, 0.4) is 0 Å². The zero-order valence-corrected chi connectivity index (χ0v) is 16.5. The van der Waals surface area contributed by atoms with Crippen molar-refractivity contribution in [1.82, 2.24) is 5.01 Å². The molecular weight excluding hydrogens is 401 g/mol. The summed E-state index contributed by atoms with van der Waals surface area (Å²) in [5, 5.41) is 0.605. The van der Waals surface area contributed by atoms with Gasteiger partial charge in [0.1, 0.15) is 19.0 Å². The zero-order chi connectivity index (χ0) is 22.4. The van der Waals surface area contributed by atoms with E-state index in [1.165, 1.54) is 36.4 Å². The molecule has 0 aromatic heterocycles. The van der Waals surface area contributed by atoms with Gasteiger partial charge in [-0.2, -0.15) is 0 Å². The maximum atomic E-state index is 13.5. The van der Waals surface area contributed by atoms with Crippen LogP contribution in [-0.4, -0.2) is 29.2 Å². The minimum atomic E-state index is -0.912. The van der Waals surface area contributed by atoms with Crippen LogP contribution in [-0.2, 0) is 11.3 Å². The van der Waals surface area contributed by atoms with Crippen LogP contribution >= 0.6 is 0 Å². The predicted molar refractivity (Wildman–Crippen MR) is 113 cm³/mol. The average molecular weight is 421 g/mol. The molecule has 158 valence electrons. The summed E-state index contributed by atoms with van der Waals surface area (Å²) in [5.74, 6) is 3.87. The molecule has 0 radical (unpaired) electrons. The number of nitrogen functional groups attached to an aromatic ring is 1. The molecule has 3 rings (SSSR count). The first kappa shape index (κ1) is 21.7. The fraction of sp³-hybridized carbons (Fsp3) is 0.0870. The fourth-order valence-electron chi connectivity index (χ4n) is 2.96. The number of ether oxygens (including phenoxy) is 1. The first-order chi connectivity index (χ1) is 14.9. The second-order valence-corrected chi connectivity index (χ2v) is 6.70. The number of carbonyl (C=O) groups is 3. The van der Waals surface area contributed by atoms with E-state index < -0.39 is 30.0 Å². The van der Waals surface area contributed by atoms with Gasteiger partial charge in [0.25, 0.3) is 0 Å². The van der Waals surface area contributed by atoms with Gasteiger partial charge in [0.15, 0.2) is 11.6 Å². The Kier molecular flexibility index (Phi) is 6.74. The van der Waals surface area contributed by atoms with Crippen molar-refractivity contribution in [3.05, 3.63) is 101 Å². The van der Waals surface area contributed by atoms with Gasteiger partial charge in [-0.1, -0.05) is 54.6 Å². The summed E-state index contributed by atoms with van der Waals surface area (Å²) in [5.41, 5.74) is 6.68. The number of nitrogens with zero attached hydrogens (tertiary/aromatic N) is 1.